The van der Waals surface area contributed by atoms with E-state index in [4.69, 9.17) is 0 Å². The zero-order valence-corrected chi connectivity index (χ0v) is 13.1. The Morgan fingerprint density at radius 3 is 2.48 bits per heavy atom. The average Bonchev–Trinajstić information content (AvgIpc) is 2.72. The van der Waals surface area contributed by atoms with Crippen molar-refractivity contribution < 1.29 is 4.79 Å². The largest absolute Gasteiger partial charge is 0.348 e. The standard InChI is InChI=1S/C18H24N2O/c1-14-16(15-9-5-6-10-17(15)19(14)2)13-18(21)20-11-7-3-4-8-12-20/h5-6,9-10H,3-4,7-8,11-13H2,1-2H3. The summed E-state index contributed by atoms with van der Waals surface area (Å²) in [5, 5.41) is 1.22. The summed E-state index contributed by atoms with van der Waals surface area (Å²) in [6.45, 7) is 3.98. The predicted octanol–water partition coefficient (Wildman–Crippen LogP) is 3.43. The van der Waals surface area contributed by atoms with Crippen molar-refractivity contribution in [3.8, 4) is 0 Å². The molecule has 3 nitrogen and oxygen atoms in total. The van der Waals surface area contributed by atoms with Crippen molar-refractivity contribution in [1.29, 1.82) is 0 Å². The molecule has 1 fully saturated rings. The summed E-state index contributed by atoms with van der Waals surface area (Å²) in [6, 6.07) is 8.37. The molecular formula is C18H24N2O. The van der Waals surface area contributed by atoms with Gasteiger partial charge in [-0.15, -0.1) is 0 Å². The second-order valence-corrected chi connectivity index (χ2v) is 6.11. The summed E-state index contributed by atoms with van der Waals surface area (Å²) in [7, 11) is 2.08. The second-order valence-electron chi connectivity index (χ2n) is 6.11. The number of amides is 1. The molecule has 0 atom stereocenters. The molecule has 0 saturated carbocycles. The molecule has 2 aromatic rings. The van der Waals surface area contributed by atoms with Crippen LogP contribution in [0.25, 0.3) is 10.9 Å². The highest BCUT2D eigenvalue weighted by molar-refractivity contribution is 5.90. The van der Waals surface area contributed by atoms with E-state index in [2.05, 4.69) is 47.7 Å². The van der Waals surface area contributed by atoms with Crippen LogP contribution >= 0.6 is 0 Å². The Morgan fingerprint density at radius 1 is 1.10 bits per heavy atom. The highest BCUT2D eigenvalue weighted by Gasteiger charge is 2.19. The van der Waals surface area contributed by atoms with E-state index in [0.717, 1.165) is 25.9 Å². The summed E-state index contributed by atoms with van der Waals surface area (Å²) in [6.07, 6.45) is 5.36. The van der Waals surface area contributed by atoms with E-state index in [1.54, 1.807) is 0 Å². The van der Waals surface area contributed by atoms with E-state index in [9.17, 15) is 4.79 Å². The molecule has 1 saturated heterocycles. The van der Waals surface area contributed by atoms with Crippen molar-refractivity contribution >= 4 is 16.8 Å². The maximum Gasteiger partial charge on any atom is 0.227 e. The van der Waals surface area contributed by atoms with Crippen LogP contribution in [0, 0.1) is 6.92 Å². The Hall–Kier alpha value is -1.77. The number of benzene rings is 1. The van der Waals surface area contributed by atoms with E-state index in [1.807, 2.05) is 0 Å². The Balaban J connectivity index is 1.87. The Bertz CT molecular complexity index is 649. The van der Waals surface area contributed by atoms with E-state index in [-0.39, 0.29) is 5.91 Å². The van der Waals surface area contributed by atoms with E-state index in [1.165, 1.54) is 35.0 Å². The third kappa shape index (κ3) is 2.69. The van der Waals surface area contributed by atoms with Gasteiger partial charge in [0.25, 0.3) is 0 Å². The van der Waals surface area contributed by atoms with Gasteiger partial charge >= 0.3 is 0 Å². The minimum absolute atomic E-state index is 0.288. The fourth-order valence-corrected chi connectivity index (χ4v) is 3.41. The molecule has 0 N–H and O–H groups in total. The smallest absolute Gasteiger partial charge is 0.227 e. The van der Waals surface area contributed by atoms with Gasteiger partial charge in [0.1, 0.15) is 0 Å². The average molecular weight is 284 g/mol. The highest BCUT2D eigenvalue weighted by atomic mass is 16.2. The minimum atomic E-state index is 0.288. The zero-order chi connectivity index (χ0) is 14.8. The number of hydrogen-bond donors (Lipinski definition) is 0. The van der Waals surface area contributed by atoms with Crippen LogP contribution in [0.15, 0.2) is 24.3 Å². The number of likely N-dealkylation sites (tertiary alicyclic amines) is 1. The first-order valence-corrected chi connectivity index (χ1v) is 7.99. The lowest BCUT2D eigenvalue weighted by Crippen LogP contribution is -2.33. The first-order chi connectivity index (χ1) is 10.2. The van der Waals surface area contributed by atoms with Gasteiger partial charge in [-0.05, 0) is 31.4 Å². The number of fused-ring (bicyclic) bond motifs is 1. The van der Waals surface area contributed by atoms with Crippen LogP contribution in [-0.4, -0.2) is 28.5 Å². The molecule has 0 bridgehead atoms. The van der Waals surface area contributed by atoms with E-state index < -0.39 is 0 Å². The summed E-state index contributed by atoms with van der Waals surface area (Å²) < 4.78 is 2.19. The molecular weight excluding hydrogens is 260 g/mol. The summed E-state index contributed by atoms with van der Waals surface area (Å²) in [5.41, 5.74) is 3.62. The SMILES string of the molecule is Cc1c(CC(=O)N2CCCCCC2)c2ccccc2n1C. The van der Waals surface area contributed by atoms with Gasteiger partial charge < -0.3 is 9.47 Å². The summed E-state index contributed by atoms with van der Waals surface area (Å²) in [5.74, 6) is 0.288. The summed E-state index contributed by atoms with van der Waals surface area (Å²) >= 11 is 0. The lowest BCUT2D eigenvalue weighted by atomic mass is 10.1. The van der Waals surface area contributed by atoms with Gasteiger partial charge in [-0.3, -0.25) is 4.79 Å². The number of para-hydroxylation sites is 1. The van der Waals surface area contributed by atoms with Crippen LogP contribution in [0.2, 0.25) is 0 Å². The van der Waals surface area contributed by atoms with Crippen LogP contribution in [0.5, 0.6) is 0 Å². The molecule has 0 spiro atoms. The quantitative estimate of drug-likeness (QED) is 0.829. The fourth-order valence-electron chi connectivity index (χ4n) is 3.41. The zero-order valence-electron chi connectivity index (χ0n) is 13.1. The van der Waals surface area contributed by atoms with Gasteiger partial charge in [-0.2, -0.15) is 0 Å². The van der Waals surface area contributed by atoms with Crippen molar-refractivity contribution in [2.75, 3.05) is 13.1 Å². The molecule has 1 amide bonds. The molecule has 1 aromatic carbocycles. The Kier molecular flexibility index (Phi) is 4.00. The van der Waals surface area contributed by atoms with Crippen LogP contribution in [0.3, 0.4) is 0 Å². The number of aromatic nitrogens is 1. The number of carbonyl (C=O) groups is 1. The number of rotatable bonds is 2. The molecule has 1 aliphatic rings. The first kappa shape index (κ1) is 14.2. The van der Waals surface area contributed by atoms with Crippen molar-refractivity contribution in [1.82, 2.24) is 9.47 Å². The van der Waals surface area contributed by atoms with Gasteiger partial charge in [0, 0.05) is 36.7 Å². The molecule has 0 aliphatic carbocycles. The normalized spacial score (nSPS) is 16.2. The minimum Gasteiger partial charge on any atom is -0.348 e. The number of nitrogens with zero attached hydrogens (tertiary/aromatic N) is 2. The Labute approximate surface area is 126 Å². The van der Waals surface area contributed by atoms with Crippen molar-refractivity contribution in [2.24, 2.45) is 7.05 Å². The van der Waals surface area contributed by atoms with Crippen LogP contribution in [0.1, 0.15) is 36.9 Å². The molecule has 21 heavy (non-hydrogen) atoms. The molecule has 0 radical (unpaired) electrons. The van der Waals surface area contributed by atoms with Crippen LogP contribution in [-0.2, 0) is 18.3 Å². The van der Waals surface area contributed by atoms with Gasteiger partial charge in [0.05, 0.1) is 6.42 Å². The predicted molar refractivity (Wildman–Crippen MR) is 86.4 cm³/mol. The fraction of sp³-hybridized carbons (Fsp3) is 0.500. The van der Waals surface area contributed by atoms with Gasteiger partial charge in [0.2, 0.25) is 5.91 Å². The lowest BCUT2D eigenvalue weighted by molar-refractivity contribution is -0.130. The van der Waals surface area contributed by atoms with Crippen LogP contribution in [0.4, 0.5) is 0 Å². The third-order valence-electron chi connectivity index (χ3n) is 4.82. The molecule has 1 aromatic heterocycles. The molecule has 3 heteroatoms. The second kappa shape index (κ2) is 5.92. The van der Waals surface area contributed by atoms with E-state index in [0.29, 0.717) is 6.42 Å². The maximum atomic E-state index is 12.6. The molecule has 3 rings (SSSR count). The highest BCUT2D eigenvalue weighted by Crippen LogP contribution is 2.25. The first-order valence-electron chi connectivity index (χ1n) is 7.99. The lowest BCUT2D eigenvalue weighted by Gasteiger charge is -2.20. The molecule has 112 valence electrons. The molecule has 2 heterocycles. The maximum absolute atomic E-state index is 12.6. The third-order valence-corrected chi connectivity index (χ3v) is 4.82. The van der Waals surface area contributed by atoms with Gasteiger partial charge in [-0.25, -0.2) is 0 Å². The molecule has 1 aliphatic heterocycles. The number of carbonyl (C=O) groups excluding carboxylic acids is 1. The van der Waals surface area contributed by atoms with Crippen molar-refractivity contribution in [3.05, 3.63) is 35.5 Å². The van der Waals surface area contributed by atoms with Crippen molar-refractivity contribution in [2.45, 2.75) is 39.0 Å². The Morgan fingerprint density at radius 2 is 1.76 bits per heavy atom. The van der Waals surface area contributed by atoms with Gasteiger partial charge in [-0.1, -0.05) is 31.0 Å². The topological polar surface area (TPSA) is 25.2 Å². The van der Waals surface area contributed by atoms with Crippen molar-refractivity contribution in [3.63, 3.8) is 0 Å². The number of aryl methyl sites for hydroxylation is 1. The van der Waals surface area contributed by atoms with Gasteiger partial charge in [0.15, 0.2) is 0 Å². The summed E-state index contributed by atoms with van der Waals surface area (Å²) in [4.78, 5) is 14.7. The monoisotopic (exact) mass is 284 g/mol. The number of hydrogen-bond acceptors (Lipinski definition) is 1. The van der Waals surface area contributed by atoms with Crippen LogP contribution < -0.4 is 0 Å². The van der Waals surface area contributed by atoms with E-state index >= 15 is 0 Å². The molecule has 0 unspecified atom stereocenters.